The molecule has 0 saturated carbocycles. The molecule has 4 nitrogen and oxygen atoms in total. The van der Waals surface area contributed by atoms with Gasteiger partial charge in [0, 0.05) is 17.7 Å². The van der Waals surface area contributed by atoms with Crippen LogP contribution in [-0.4, -0.2) is 23.2 Å². The molecule has 1 aromatic heterocycles. The molecule has 1 N–H and O–H groups in total. The Labute approximate surface area is 147 Å². The largest absolute Gasteiger partial charge is 0.486 e. The number of fused-ring (bicyclic) bond motifs is 2. The summed E-state index contributed by atoms with van der Waals surface area (Å²) in [6.45, 7) is 0.667. The molecule has 0 aliphatic carbocycles. The van der Waals surface area contributed by atoms with E-state index < -0.39 is 23.5 Å². The van der Waals surface area contributed by atoms with Crippen molar-refractivity contribution in [2.24, 2.45) is 0 Å². The summed E-state index contributed by atoms with van der Waals surface area (Å²) in [7, 11) is 0. The first-order chi connectivity index (χ1) is 12.6. The van der Waals surface area contributed by atoms with Crippen molar-refractivity contribution in [3.63, 3.8) is 0 Å². The van der Waals surface area contributed by atoms with Crippen LogP contribution in [0.15, 0.2) is 30.3 Å². The smallest absolute Gasteiger partial charge is 0.416 e. The van der Waals surface area contributed by atoms with Crippen LogP contribution in [0.2, 0.25) is 0 Å². The quantitative estimate of drug-likeness (QED) is 0.595. The van der Waals surface area contributed by atoms with E-state index in [1.165, 1.54) is 6.07 Å². The van der Waals surface area contributed by atoms with Crippen molar-refractivity contribution in [2.45, 2.75) is 12.4 Å². The zero-order valence-corrected chi connectivity index (χ0v) is 13.3. The molecule has 0 atom stereocenters. The van der Waals surface area contributed by atoms with Crippen molar-refractivity contribution in [1.82, 2.24) is 9.97 Å². The summed E-state index contributed by atoms with van der Waals surface area (Å²) in [6.07, 6.45) is -9.86. The number of hydrogen-bond acceptors (Lipinski definition) is 3. The maximum absolute atomic E-state index is 13.0. The molecule has 10 heteroatoms. The van der Waals surface area contributed by atoms with Crippen LogP contribution in [0, 0.1) is 0 Å². The predicted octanol–water partition coefficient (Wildman–Crippen LogP) is 5.04. The second kappa shape index (κ2) is 5.80. The number of ether oxygens (including phenoxy) is 2. The Bertz CT molecular complexity index is 947. The number of aromatic nitrogens is 2. The van der Waals surface area contributed by atoms with Crippen LogP contribution in [0.5, 0.6) is 11.5 Å². The van der Waals surface area contributed by atoms with Gasteiger partial charge in [-0.05, 0) is 18.2 Å². The molecule has 0 fully saturated rings. The second-order valence-electron chi connectivity index (χ2n) is 5.89. The van der Waals surface area contributed by atoms with Crippen LogP contribution in [0.25, 0.3) is 22.4 Å². The fourth-order valence-corrected chi connectivity index (χ4v) is 2.77. The van der Waals surface area contributed by atoms with Gasteiger partial charge >= 0.3 is 12.4 Å². The second-order valence-corrected chi connectivity index (χ2v) is 5.89. The maximum Gasteiger partial charge on any atom is 0.416 e. The molecule has 27 heavy (non-hydrogen) atoms. The molecule has 142 valence electrons. The lowest BCUT2D eigenvalue weighted by Gasteiger charge is -2.17. The number of aromatic amines is 1. The Kier molecular flexibility index (Phi) is 3.76. The van der Waals surface area contributed by atoms with Gasteiger partial charge in [-0.3, -0.25) is 0 Å². The number of benzene rings is 2. The van der Waals surface area contributed by atoms with Gasteiger partial charge in [-0.15, -0.1) is 0 Å². The van der Waals surface area contributed by atoms with E-state index in [0.717, 1.165) is 0 Å². The molecule has 0 amide bonds. The topological polar surface area (TPSA) is 47.1 Å². The molecule has 0 unspecified atom stereocenters. The lowest BCUT2D eigenvalue weighted by molar-refractivity contribution is -0.143. The van der Waals surface area contributed by atoms with Gasteiger partial charge < -0.3 is 14.5 Å². The van der Waals surface area contributed by atoms with E-state index in [-0.39, 0.29) is 17.5 Å². The summed E-state index contributed by atoms with van der Waals surface area (Å²) in [5.41, 5.74) is -2.40. The molecule has 0 bridgehead atoms. The van der Waals surface area contributed by atoms with E-state index in [2.05, 4.69) is 9.97 Å². The maximum atomic E-state index is 13.0. The molecule has 0 saturated heterocycles. The fraction of sp³-hybridized carbons (Fsp3) is 0.235. The SMILES string of the molecule is FC(F)(F)c1cc(-c2nc3cc4c(cc3[nH]2)OCCO4)cc(C(F)(F)F)c1. The van der Waals surface area contributed by atoms with Gasteiger partial charge in [-0.25, -0.2) is 4.98 Å². The summed E-state index contributed by atoms with van der Waals surface area (Å²) >= 11 is 0. The number of rotatable bonds is 1. The summed E-state index contributed by atoms with van der Waals surface area (Å²) in [5.74, 6) is 0.708. The van der Waals surface area contributed by atoms with E-state index in [9.17, 15) is 26.3 Å². The van der Waals surface area contributed by atoms with Crippen molar-refractivity contribution < 1.29 is 35.8 Å². The van der Waals surface area contributed by atoms with Crippen LogP contribution in [0.3, 0.4) is 0 Å². The number of nitrogens with zero attached hydrogens (tertiary/aromatic N) is 1. The third kappa shape index (κ3) is 3.26. The highest BCUT2D eigenvalue weighted by Crippen LogP contribution is 2.39. The average Bonchev–Trinajstić information content (AvgIpc) is 3.00. The lowest BCUT2D eigenvalue weighted by Crippen LogP contribution is -2.15. The Morgan fingerprint density at radius 3 is 1.89 bits per heavy atom. The number of imidazole rings is 1. The van der Waals surface area contributed by atoms with Crippen molar-refractivity contribution in [3.8, 4) is 22.9 Å². The van der Waals surface area contributed by atoms with E-state index in [1.54, 1.807) is 6.07 Å². The van der Waals surface area contributed by atoms with Gasteiger partial charge in [0.05, 0.1) is 22.2 Å². The third-order valence-corrected chi connectivity index (χ3v) is 4.01. The molecular weight excluding hydrogens is 378 g/mol. The van der Waals surface area contributed by atoms with Crippen molar-refractivity contribution in [2.75, 3.05) is 13.2 Å². The van der Waals surface area contributed by atoms with Crippen molar-refractivity contribution >= 4 is 11.0 Å². The standard InChI is InChI=1S/C17H10F6N2O2/c18-16(19,20)9-3-8(4-10(5-9)17(21,22)23)15-24-11-6-13-14(7-12(11)25-15)27-2-1-26-13/h3-7H,1-2H2,(H,24,25). The highest BCUT2D eigenvalue weighted by Gasteiger charge is 2.37. The first-order valence-corrected chi connectivity index (χ1v) is 7.70. The number of halogens is 6. The number of nitrogens with one attached hydrogen (secondary N) is 1. The first kappa shape index (κ1) is 17.5. The normalized spacial score (nSPS) is 14.6. The van der Waals surface area contributed by atoms with Gasteiger partial charge in [-0.1, -0.05) is 0 Å². The number of hydrogen-bond donors (Lipinski definition) is 1. The summed E-state index contributed by atoms with van der Waals surface area (Å²) in [6, 6.07) is 4.38. The predicted molar refractivity (Wildman–Crippen MR) is 82.5 cm³/mol. The van der Waals surface area contributed by atoms with Gasteiger partial charge in [0.25, 0.3) is 0 Å². The zero-order valence-electron chi connectivity index (χ0n) is 13.3. The number of H-pyrrole nitrogens is 1. The van der Waals surface area contributed by atoms with Gasteiger partial charge in [0.2, 0.25) is 0 Å². The summed E-state index contributed by atoms with van der Waals surface area (Å²) < 4.78 is 89.0. The summed E-state index contributed by atoms with van der Waals surface area (Å²) in [5, 5.41) is 0. The van der Waals surface area contributed by atoms with E-state index in [1.807, 2.05) is 0 Å². The fourth-order valence-electron chi connectivity index (χ4n) is 2.77. The van der Waals surface area contributed by atoms with Crippen LogP contribution in [0.1, 0.15) is 11.1 Å². The third-order valence-electron chi connectivity index (χ3n) is 4.01. The van der Waals surface area contributed by atoms with Crippen LogP contribution >= 0.6 is 0 Å². The van der Waals surface area contributed by atoms with Gasteiger partial charge in [0.1, 0.15) is 19.0 Å². The van der Waals surface area contributed by atoms with Gasteiger partial charge in [-0.2, -0.15) is 26.3 Å². The Balaban J connectivity index is 1.87. The molecular formula is C17H10F6N2O2. The minimum atomic E-state index is -4.93. The highest BCUT2D eigenvalue weighted by molar-refractivity contribution is 5.83. The van der Waals surface area contributed by atoms with Crippen molar-refractivity contribution in [1.29, 1.82) is 0 Å². The minimum Gasteiger partial charge on any atom is -0.486 e. The monoisotopic (exact) mass is 388 g/mol. The van der Waals surface area contributed by atoms with Crippen LogP contribution in [0.4, 0.5) is 26.3 Å². The van der Waals surface area contributed by atoms with E-state index in [0.29, 0.717) is 47.9 Å². The Morgan fingerprint density at radius 2 is 1.33 bits per heavy atom. The lowest BCUT2D eigenvalue weighted by atomic mass is 10.0. The number of alkyl halides is 6. The first-order valence-electron chi connectivity index (χ1n) is 7.70. The van der Waals surface area contributed by atoms with E-state index in [4.69, 9.17) is 9.47 Å². The van der Waals surface area contributed by atoms with E-state index >= 15 is 0 Å². The average molecular weight is 388 g/mol. The Morgan fingerprint density at radius 1 is 0.778 bits per heavy atom. The van der Waals surface area contributed by atoms with Gasteiger partial charge in [0.15, 0.2) is 11.5 Å². The van der Waals surface area contributed by atoms with Crippen LogP contribution in [-0.2, 0) is 12.4 Å². The molecule has 1 aliphatic rings. The molecule has 1 aliphatic heterocycles. The molecule has 4 rings (SSSR count). The zero-order chi connectivity index (χ0) is 19.4. The molecule has 2 heterocycles. The minimum absolute atomic E-state index is 0.0759. The molecule has 0 radical (unpaired) electrons. The highest BCUT2D eigenvalue weighted by atomic mass is 19.4. The molecule has 3 aromatic rings. The molecule has 2 aromatic carbocycles. The summed E-state index contributed by atoms with van der Waals surface area (Å²) in [4.78, 5) is 6.85. The van der Waals surface area contributed by atoms with Crippen molar-refractivity contribution in [3.05, 3.63) is 41.5 Å². The van der Waals surface area contributed by atoms with Crippen LogP contribution < -0.4 is 9.47 Å². The molecule has 0 spiro atoms. The Hall–Kier alpha value is -2.91.